The maximum absolute atomic E-state index is 13.5. The lowest BCUT2D eigenvalue weighted by Crippen LogP contribution is -2.47. The molecule has 0 spiro atoms. The first-order chi connectivity index (χ1) is 18.1. The molecule has 1 heterocycles. The van der Waals surface area contributed by atoms with Crippen LogP contribution < -0.4 is 9.64 Å². The number of amides is 2. The van der Waals surface area contributed by atoms with Crippen LogP contribution in [0.3, 0.4) is 0 Å². The predicted molar refractivity (Wildman–Crippen MR) is 129 cm³/mol. The SMILES string of the molecule is CCOC(=O)N1c2cc(OC)c(Cl)cc2[C@@H](N(Cc2cc(C(F)(F)F)cc(C(F)(F)F)c2)C(=O)OC)C[C@H]1C. The van der Waals surface area contributed by atoms with Crippen molar-refractivity contribution in [3.63, 3.8) is 0 Å². The highest BCUT2D eigenvalue weighted by Crippen LogP contribution is 2.46. The van der Waals surface area contributed by atoms with Crippen LogP contribution in [-0.2, 0) is 28.4 Å². The largest absolute Gasteiger partial charge is 0.495 e. The van der Waals surface area contributed by atoms with E-state index in [9.17, 15) is 35.9 Å². The molecule has 0 unspecified atom stereocenters. The van der Waals surface area contributed by atoms with E-state index in [4.69, 9.17) is 25.8 Å². The Labute approximate surface area is 225 Å². The van der Waals surface area contributed by atoms with Gasteiger partial charge in [0, 0.05) is 24.2 Å². The number of halogens is 7. The fourth-order valence-corrected chi connectivity index (χ4v) is 4.73. The van der Waals surface area contributed by atoms with Gasteiger partial charge in [0.05, 0.1) is 48.7 Å². The van der Waals surface area contributed by atoms with Crippen LogP contribution in [0.4, 0.5) is 41.6 Å². The van der Waals surface area contributed by atoms with Crippen molar-refractivity contribution in [1.82, 2.24) is 4.90 Å². The van der Waals surface area contributed by atoms with Crippen molar-refractivity contribution in [1.29, 1.82) is 0 Å². The van der Waals surface area contributed by atoms with Crippen LogP contribution in [0.15, 0.2) is 30.3 Å². The zero-order valence-electron chi connectivity index (χ0n) is 21.2. The van der Waals surface area contributed by atoms with Gasteiger partial charge in [0.25, 0.3) is 0 Å². The first-order valence-electron chi connectivity index (χ1n) is 11.6. The van der Waals surface area contributed by atoms with Crippen LogP contribution in [0.2, 0.25) is 5.02 Å². The van der Waals surface area contributed by atoms with Crippen molar-refractivity contribution in [2.24, 2.45) is 0 Å². The number of alkyl halides is 6. The third kappa shape index (κ3) is 6.45. The lowest BCUT2D eigenvalue weighted by molar-refractivity contribution is -0.143. The number of hydrogen-bond acceptors (Lipinski definition) is 5. The number of nitrogens with zero attached hydrogens (tertiary/aromatic N) is 2. The summed E-state index contributed by atoms with van der Waals surface area (Å²) in [6, 6.07) is 2.38. The normalized spacial score (nSPS) is 17.4. The summed E-state index contributed by atoms with van der Waals surface area (Å²) in [4.78, 5) is 28.0. The zero-order valence-corrected chi connectivity index (χ0v) is 22.0. The first kappa shape index (κ1) is 30.2. The molecule has 0 saturated heterocycles. The molecule has 2 amide bonds. The molecule has 0 aromatic heterocycles. The summed E-state index contributed by atoms with van der Waals surface area (Å²) < 4.78 is 96.0. The molecule has 0 radical (unpaired) electrons. The number of methoxy groups -OCH3 is 2. The van der Waals surface area contributed by atoms with Gasteiger partial charge in [0.2, 0.25) is 0 Å². The second-order valence-corrected chi connectivity index (χ2v) is 9.13. The maximum atomic E-state index is 13.5. The minimum atomic E-state index is -5.07. The lowest BCUT2D eigenvalue weighted by atomic mass is 9.90. The quantitative estimate of drug-likeness (QED) is 0.343. The van der Waals surface area contributed by atoms with Gasteiger partial charge in [-0.1, -0.05) is 11.6 Å². The molecule has 7 nitrogen and oxygen atoms in total. The molecule has 39 heavy (non-hydrogen) atoms. The maximum Gasteiger partial charge on any atom is 0.416 e. The molecule has 0 bridgehead atoms. The standard InChI is InChI=1S/C25H25ClF6N2O5/c1-5-39-23(36)34-13(2)6-19(17-10-18(26)21(37-3)11-20(17)34)33(22(35)38-4)12-14-7-15(24(27,28)29)9-16(8-14)25(30,31)32/h7-11,13,19H,5-6,12H2,1-4H3/t13-,19+/m1/s1. The van der Waals surface area contributed by atoms with Gasteiger partial charge in [0.15, 0.2) is 0 Å². The molecule has 0 N–H and O–H groups in total. The number of carbonyl (C=O) groups is 2. The number of ether oxygens (including phenoxy) is 3. The van der Waals surface area contributed by atoms with E-state index in [1.165, 1.54) is 24.1 Å². The first-order valence-corrected chi connectivity index (χ1v) is 12.0. The van der Waals surface area contributed by atoms with Gasteiger partial charge in [-0.05, 0) is 50.1 Å². The molecular weight excluding hydrogens is 558 g/mol. The van der Waals surface area contributed by atoms with E-state index >= 15 is 0 Å². The summed E-state index contributed by atoms with van der Waals surface area (Å²) in [5.74, 6) is 0.190. The fourth-order valence-electron chi connectivity index (χ4n) is 4.48. The lowest BCUT2D eigenvalue weighted by Gasteiger charge is -2.42. The Morgan fingerprint density at radius 2 is 1.62 bits per heavy atom. The minimum Gasteiger partial charge on any atom is -0.495 e. The Morgan fingerprint density at radius 1 is 1.03 bits per heavy atom. The number of hydrogen-bond donors (Lipinski definition) is 0. The van der Waals surface area contributed by atoms with E-state index in [1.807, 2.05) is 0 Å². The summed E-state index contributed by atoms with van der Waals surface area (Å²) in [7, 11) is 2.38. The van der Waals surface area contributed by atoms with Crippen molar-refractivity contribution in [2.45, 2.75) is 51.2 Å². The zero-order chi connectivity index (χ0) is 29.3. The van der Waals surface area contributed by atoms with Gasteiger partial charge in [-0.3, -0.25) is 9.80 Å². The highest BCUT2D eigenvalue weighted by molar-refractivity contribution is 6.32. The molecule has 214 valence electrons. The van der Waals surface area contributed by atoms with Crippen molar-refractivity contribution >= 4 is 29.5 Å². The van der Waals surface area contributed by atoms with E-state index < -0.39 is 59.9 Å². The number of anilines is 1. The number of carbonyl (C=O) groups excluding carboxylic acids is 2. The molecule has 2 aromatic rings. The molecule has 2 atom stereocenters. The molecule has 14 heteroatoms. The van der Waals surface area contributed by atoms with E-state index in [0.717, 1.165) is 12.0 Å². The van der Waals surface area contributed by atoms with Crippen molar-refractivity contribution in [3.8, 4) is 5.75 Å². The van der Waals surface area contributed by atoms with E-state index in [-0.39, 0.29) is 35.6 Å². The van der Waals surface area contributed by atoms with Gasteiger partial charge in [0.1, 0.15) is 5.75 Å². The topological polar surface area (TPSA) is 68.3 Å². The van der Waals surface area contributed by atoms with E-state index in [2.05, 4.69) is 0 Å². The molecule has 0 saturated carbocycles. The van der Waals surface area contributed by atoms with Crippen LogP contribution in [0, 0.1) is 0 Å². The summed E-state index contributed by atoms with van der Waals surface area (Å²) >= 11 is 6.33. The highest BCUT2D eigenvalue weighted by atomic mass is 35.5. The van der Waals surface area contributed by atoms with Gasteiger partial charge in [-0.15, -0.1) is 0 Å². The number of fused-ring (bicyclic) bond motifs is 1. The highest BCUT2D eigenvalue weighted by Gasteiger charge is 2.41. The van der Waals surface area contributed by atoms with Crippen LogP contribution in [0.25, 0.3) is 0 Å². The van der Waals surface area contributed by atoms with E-state index in [1.54, 1.807) is 13.8 Å². The average molecular weight is 583 g/mol. The number of rotatable bonds is 5. The summed E-state index contributed by atoms with van der Waals surface area (Å²) in [6.07, 6.45) is -11.8. The van der Waals surface area contributed by atoms with Gasteiger partial charge in [-0.25, -0.2) is 9.59 Å². The average Bonchev–Trinajstić information content (AvgIpc) is 2.85. The third-order valence-electron chi connectivity index (χ3n) is 6.18. The van der Waals surface area contributed by atoms with Crippen molar-refractivity contribution in [2.75, 3.05) is 25.7 Å². The van der Waals surface area contributed by atoms with Crippen LogP contribution >= 0.6 is 11.6 Å². The molecule has 2 aromatic carbocycles. The number of benzene rings is 2. The van der Waals surface area contributed by atoms with Crippen molar-refractivity contribution in [3.05, 3.63) is 57.6 Å². The molecular formula is C25H25ClF6N2O5. The minimum absolute atomic E-state index is 0.00718. The Kier molecular flexibility index (Phi) is 8.83. The third-order valence-corrected chi connectivity index (χ3v) is 6.47. The Morgan fingerprint density at radius 3 is 2.10 bits per heavy atom. The van der Waals surface area contributed by atoms with Crippen molar-refractivity contribution < 1.29 is 50.1 Å². The Hall–Kier alpha value is -3.35. The summed E-state index contributed by atoms with van der Waals surface area (Å²) in [6.45, 7) is 2.66. The van der Waals surface area contributed by atoms with Crippen LogP contribution in [0.1, 0.15) is 48.6 Å². The summed E-state index contributed by atoms with van der Waals surface area (Å²) in [5, 5.41) is 0.0999. The predicted octanol–water partition coefficient (Wildman–Crippen LogP) is 7.45. The van der Waals surface area contributed by atoms with Crippen LogP contribution in [0.5, 0.6) is 5.75 Å². The Bertz CT molecular complexity index is 1200. The monoisotopic (exact) mass is 582 g/mol. The molecule has 1 aliphatic heterocycles. The van der Waals surface area contributed by atoms with E-state index in [0.29, 0.717) is 17.7 Å². The van der Waals surface area contributed by atoms with Gasteiger partial charge < -0.3 is 14.2 Å². The molecule has 0 aliphatic carbocycles. The molecule has 0 fully saturated rings. The Balaban J connectivity index is 2.18. The summed E-state index contributed by atoms with van der Waals surface area (Å²) in [5.41, 5.74) is -2.93. The second-order valence-electron chi connectivity index (χ2n) is 8.73. The fraction of sp³-hybridized carbons (Fsp3) is 0.440. The smallest absolute Gasteiger partial charge is 0.416 e. The molecule has 1 aliphatic rings. The second kappa shape index (κ2) is 11.4. The van der Waals surface area contributed by atoms with Gasteiger partial charge >= 0.3 is 24.5 Å². The van der Waals surface area contributed by atoms with Gasteiger partial charge in [-0.2, -0.15) is 26.3 Å². The molecule has 3 rings (SSSR count). The van der Waals surface area contributed by atoms with Crippen LogP contribution in [-0.4, -0.2) is 44.0 Å².